The van der Waals surface area contributed by atoms with Gasteiger partial charge in [0.2, 0.25) is 0 Å². The summed E-state index contributed by atoms with van der Waals surface area (Å²) in [6.45, 7) is 14.9. The van der Waals surface area contributed by atoms with E-state index in [2.05, 4.69) is 23.6 Å². The molecule has 1 fully saturated rings. The summed E-state index contributed by atoms with van der Waals surface area (Å²) in [5, 5.41) is 8.60. The van der Waals surface area contributed by atoms with E-state index in [1.807, 2.05) is 39.0 Å². The van der Waals surface area contributed by atoms with Crippen molar-refractivity contribution in [2.75, 3.05) is 7.11 Å². The zero-order chi connectivity index (χ0) is 28.4. The number of aliphatic imine (C=N–C) groups is 1. The molecule has 0 radical (unpaired) electrons. The molecule has 4 nitrogen and oxygen atoms in total. The molecule has 0 spiro atoms. The molecule has 0 aromatic heterocycles. The smallest absolute Gasteiger partial charge is 0.159 e. The van der Waals surface area contributed by atoms with Gasteiger partial charge in [0.1, 0.15) is 11.6 Å². The number of hydrogen-bond donors (Lipinski definition) is 1. The molecule has 1 heterocycles. The van der Waals surface area contributed by atoms with Gasteiger partial charge in [0.05, 0.1) is 12.2 Å². The lowest BCUT2D eigenvalue weighted by molar-refractivity contribution is -0.155. The van der Waals surface area contributed by atoms with Crippen LogP contribution >= 0.6 is 0 Å². The minimum atomic E-state index is -0.958. The number of ether oxygens (including phenoxy) is 2. The maximum atomic E-state index is 13.8. The zero-order valence-corrected chi connectivity index (χ0v) is 24.4. The predicted molar refractivity (Wildman–Crippen MR) is 152 cm³/mol. The molecule has 1 N–H and O–H groups in total. The van der Waals surface area contributed by atoms with Crippen molar-refractivity contribution in [1.29, 1.82) is 0 Å². The van der Waals surface area contributed by atoms with Crippen molar-refractivity contribution in [1.82, 2.24) is 0 Å². The Hall–Kier alpha value is -2.15. The first-order valence-electron chi connectivity index (χ1n) is 13.3. The number of methoxy groups -OCH3 is 1. The molecule has 0 amide bonds. The summed E-state index contributed by atoms with van der Waals surface area (Å²) in [4.78, 5) is 4.28. The Balaban J connectivity index is 0.000000581. The third-order valence-electron chi connectivity index (χ3n) is 5.71. The van der Waals surface area contributed by atoms with Crippen LogP contribution in [0, 0.1) is 5.82 Å². The van der Waals surface area contributed by atoms with Crippen LogP contribution in [0.3, 0.4) is 0 Å². The van der Waals surface area contributed by atoms with Gasteiger partial charge in [-0.05, 0) is 91.3 Å². The third-order valence-corrected chi connectivity index (χ3v) is 5.71. The first-order valence-corrected chi connectivity index (χ1v) is 13.3. The van der Waals surface area contributed by atoms with Crippen LogP contribution in [0.1, 0.15) is 93.1 Å². The maximum Gasteiger partial charge on any atom is 0.159 e. The Morgan fingerprint density at radius 1 is 1.19 bits per heavy atom. The Morgan fingerprint density at radius 3 is 2.22 bits per heavy atom. The monoisotopic (exact) mass is 521 g/mol. The summed E-state index contributed by atoms with van der Waals surface area (Å²) in [5.74, 6) is -1.31. The number of allylic oxidation sites excluding steroid dienone is 5. The van der Waals surface area contributed by atoms with Crippen LogP contribution in [0.15, 0.2) is 64.6 Å². The van der Waals surface area contributed by atoms with Gasteiger partial charge in [0.25, 0.3) is 0 Å². The summed E-state index contributed by atoms with van der Waals surface area (Å²) in [6, 6.07) is 6.69. The van der Waals surface area contributed by atoms with Crippen molar-refractivity contribution in [3.63, 3.8) is 0 Å². The number of nitrogens with zero attached hydrogens (tertiary/aromatic N) is 1. The molecule has 0 aliphatic carbocycles. The van der Waals surface area contributed by atoms with Crippen LogP contribution in [0.4, 0.5) is 8.78 Å². The lowest BCUT2D eigenvalue weighted by Gasteiger charge is -2.12. The number of hydrogen-bond acceptors (Lipinski definition) is 4. The molecule has 0 saturated carbocycles. The standard InChI is InChI=1S/C15H24FN.C12H15FO.C4H10O2/c1-6-9-11-17-13(5)15(14(16)8-3)12(4)10-7-2;1-9-2-7-12(14-9)8-10-3-5-11(13)6-4-10;1-4(2,5)6-3/h8-9,11H,6-7,10H2,1-5H3;3-6,9,12H,2,7-8H2,1H3;5H,1-3H3/b11-9+,14-8+,15-12-,17-13+;;. The quantitative estimate of drug-likeness (QED) is 0.201. The van der Waals surface area contributed by atoms with Gasteiger partial charge < -0.3 is 14.6 Å². The van der Waals surface area contributed by atoms with Gasteiger partial charge in [0.15, 0.2) is 5.79 Å². The van der Waals surface area contributed by atoms with Gasteiger partial charge in [-0.15, -0.1) is 0 Å². The minimum absolute atomic E-state index is 0.172. The van der Waals surface area contributed by atoms with Gasteiger partial charge in [-0.2, -0.15) is 0 Å². The fraction of sp³-hybridized carbons (Fsp3) is 0.581. The van der Waals surface area contributed by atoms with Crippen molar-refractivity contribution >= 4 is 5.71 Å². The van der Waals surface area contributed by atoms with Gasteiger partial charge in [-0.3, -0.25) is 4.99 Å². The fourth-order valence-corrected chi connectivity index (χ4v) is 3.58. The first kappa shape index (κ1) is 34.9. The second kappa shape index (κ2) is 19.0. The summed E-state index contributed by atoms with van der Waals surface area (Å²) in [5.41, 5.74) is 3.63. The highest BCUT2D eigenvalue weighted by Gasteiger charge is 2.21. The Kier molecular flexibility index (Phi) is 17.9. The van der Waals surface area contributed by atoms with Gasteiger partial charge >= 0.3 is 0 Å². The molecular weight excluding hydrogens is 472 g/mol. The van der Waals surface area contributed by atoms with Crippen LogP contribution in [0.2, 0.25) is 0 Å². The lowest BCUT2D eigenvalue weighted by Crippen LogP contribution is -2.20. The van der Waals surface area contributed by atoms with Gasteiger partial charge in [0, 0.05) is 24.6 Å². The van der Waals surface area contributed by atoms with E-state index in [1.165, 1.54) is 25.3 Å². The molecule has 1 aliphatic rings. The number of rotatable bonds is 9. The summed E-state index contributed by atoms with van der Waals surface area (Å²) in [7, 11) is 1.46. The highest BCUT2D eigenvalue weighted by atomic mass is 19.1. The van der Waals surface area contributed by atoms with Crippen LogP contribution in [-0.4, -0.2) is 35.9 Å². The largest absolute Gasteiger partial charge is 0.375 e. The van der Waals surface area contributed by atoms with Gasteiger partial charge in [-0.25, -0.2) is 8.78 Å². The van der Waals surface area contributed by atoms with Crippen molar-refractivity contribution in [3.05, 3.63) is 71.0 Å². The second-order valence-electron chi connectivity index (χ2n) is 9.68. The topological polar surface area (TPSA) is 51.0 Å². The van der Waals surface area contributed by atoms with Crippen LogP contribution < -0.4 is 0 Å². The first-order chi connectivity index (χ1) is 17.4. The molecule has 37 heavy (non-hydrogen) atoms. The molecule has 6 heteroatoms. The van der Waals surface area contributed by atoms with Crippen molar-refractivity contribution in [2.24, 2.45) is 4.99 Å². The SMILES string of the molecule is CC1CCC(Cc2ccc(F)cc2)O1.COC(C)(C)O.C\C=C(F)/C(=C(/C)CCC)C(/C)=N/C=C/CC. The van der Waals surface area contributed by atoms with E-state index in [0.717, 1.165) is 55.4 Å². The van der Waals surface area contributed by atoms with Crippen molar-refractivity contribution in [2.45, 2.75) is 112 Å². The van der Waals surface area contributed by atoms with E-state index in [-0.39, 0.29) is 11.6 Å². The fourth-order valence-electron chi connectivity index (χ4n) is 3.58. The van der Waals surface area contributed by atoms with Crippen molar-refractivity contribution < 1.29 is 23.4 Å². The second-order valence-corrected chi connectivity index (χ2v) is 9.68. The molecule has 2 atom stereocenters. The lowest BCUT2D eigenvalue weighted by atomic mass is 10.0. The molecule has 2 unspecified atom stereocenters. The van der Waals surface area contributed by atoms with E-state index in [1.54, 1.807) is 27.0 Å². The third kappa shape index (κ3) is 16.3. The van der Waals surface area contributed by atoms with Crippen molar-refractivity contribution in [3.8, 4) is 0 Å². The van der Waals surface area contributed by atoms with Gasteiger partial charge in [-0.1, -0.05) is 50.1 Å². The summed E-state index contributed by atoms with van der Waals surface area (Å²) in [6.07, 6.45) is 12.0. The van der Waals surface area contributed by atoms with Crippen LogP contribution in [0.5, 0.6) is 0 Å². The van der Waals surface area contributed by atoms with Crippen LogP contribution in [0.25, 0.3) is 0 Å². The molecule has 2 rings (SSSR count). The van der Waals surface area contributed by atoms with Crippen LogP contribution in [-0.2, 0) is 15.9 Å². The Morgan fingerprint density at radius 2 is 1.78 bits per heavy atom. The molecule has 1 saturated heterocycles. The molecular formula is C31H49F2NO3. The van der Waals surface area contributed by atoms with E-state index in [4.69, 9.17) is 9.84 Å². The number of aliphatic hydroxyl groups is 1. The molecule has 1 aliphatic heterocycles. The highest BCUT2D eigenvalue weighted by Crippen LogP contribution is 2.23. The number of halogens is 2. The average molecular weight is 522 g/mol. The van der Waals surface area contributed by atoms with E-state index in [9.17, 15) is 8.78 Å². The Labute approximate surface area is 224 Å². The van der Waals surface area contributed by atoms with E-state index >= 15 is 0 Å². The average Bonchev–Trinajstić information content (AvgIpc) is 3.25. The molecule has 1 aromatic rings. The predicted octanol–water partition coefficient (Wildman–Crippen LogP) is 8.66. The van der Waals surface area contributed by atoms with E-state index < -0.39 is 5.79 Å². The highest BCUT2D eigenvalue weighted by molar-refractivity contribution is 6.02. The number of benzene rings is 1. The summed E-state index contributed by atoms with van der Waals surface area (Å²) < 4.78 is 36.7. The van der Waals surface area contributed by atoms with E-state index in [0.29, 0.717) is 17.8 Å². The Bertz CT molecular complexity index is 881. The minimum Gasteiger partial charge on any atom is -0.375 e. The summed E-state index contributed by atoms with van der Waals surface area (Å²) >= 11 is 0. The maximum absolute atomic E-state index is 13.8. The molecule has 210 valence electrons. The normalized spacial score (nSPS) is 19.1. The zero-order valence-electron chi connectivity index (χ0n) is 24.4. The molecule has 1 aromatic carbocycles. The molecule has 0 bridgehead atoms.